The molecule has 1 unspecified atom stereocenters. The van der Waals surface area contributed by atoms with Crippen molar-refractivity contribution >= 4 is 21.8 Å². The smallest absolute Gasteiger partial charge is 0.338 e. The number of sulfone groups is 1. The molecule has 1 atom stereocenters. The number of aryl methyl sites for hydroxylation is 2. The first kappa shape index (κ1) is 22.5. The fraction of sp³-hybridized carbons (Fsp3) is 0.273. The Hall–Kier alpha value is -3.20. The summed E-state index contributed by atoms with van der Waals surface area (Å²) in [5.74, 6) is -1.91. The van der Waals surface area contributed by atoms with Gasteiger partial charge in [-0.3, -0.25) is 0 Å². The van der Waals surface area contributed by atoms with Crippen LogP contribution in [0.3, 0.4) is 0 Å². The summed E-state index contributed by atoms with van der Waals surface area (Å²) in [5.41, 5.74) is 1.70. The molecule has 2 amide bonds. The van der Waals surface area contributed by atoms with E-state index >= 15 is 0 Å². The quantitative estimate of drug-likeness (QED) is 0.525. The average molecular weight is 447 g/mol. The molecule has 0 radical (unpaired) electrons. The standard InChI is InChI=1S/C22H23FN2O5S/c1-4-30-21(26)19-18(12-31(28,29)16-9-10-17(23)14(3)11-16)24-22(27)25-20(19)15-7-5-13(2)6-8-15/h5-11,20H,4,12H2,1-3H3,(H2,24,25,27). The number of ether oxygens (including phenoxy) is 1. The van der Waals surface area contributed by atoms with Gasteiger partial charge in [-0.2, -0.15) is 0 Å². The number of amides is 2. The molecular formula is C22H23FN2O5S. The van der Waals surface area contributed by atoms with Crippen LogP contribution in [-0.2, 0) is 19.4 Å². The molecule has 0 spiro atoms. The SMILES string of the molecule is CCOC(=O)C1=C(CS(=O)(=O)c2ccc(F)c(C)c2)NC(=O)NC1c1ccc(C)cc1. The van der Waals surface area contributed by atoms with Gasteiger partial charge in [0.15, 0.2) is 9.84 Å². The lowest BCUT2D eigenvalue weighted by molar-refractivity contribution is -0.139. The Kier molecular flexibility index (Phi) is 6.45. The molecule has 1 aliphatic heterocycles. The summed E-state index contributed by atoms with van der Waals surface area (Å²) in [5, 5.41) is 5.10. The molecule has 31 heavy (non-hydrogen) atoms. The van der Waals surface area contributed by atoms with Gasteiger partial charge in [0.1, 0.15) is 5.82 Å². The summed E-state index contributed by atoms with van der Waals surface area (Å²) in [7, 11) is -3.99. The number of carbonyl (C=O) groups is 2. The number of benzene rings is 2. The lowest BCUT2D eigenvalue weighted by Gasteiger charge is -2.29. The molecule has 0 aliphatic carbocycles. The molecule has 3 rings (SSSR count). The normalized spacial score (nSPS) is 16.5. The summed E-state index contributed by atoms with van der Waals surface area (Å²) in [6.45, 7) is 5.06. The lowest BCUT2D eigenvalue weighted by atomic mass is 9.95. The Balaban J connectivity index is 2.10. The first-order chi connectivity index (χ1) is 14.6. The highest BCUT2D eigenvalue weighted by Crippen LogP contribution is 2.29. The zero-order valence-corrected chi connectivity index (χ0v) is 18.2. The van der Waals surface area contributed by atoms with Crippen molar-refractivity contribution < 1.29 is 27.1 Å². The topological polar surface area (TPSA) is 102 Å². The Bertz CT molecular complexity index is 1160. The fourth-order valence-corrected chi connectivity index (χ4v) is 4.68. The van der Waals surface area contributed by atoms with Crippen molar-refractivity contribution in [3.8, 4) is 0 Å². The number of esters is 1. The van der Waals surface area contributed by atoms with E-state index in [4.69, 9.17) is 4.74 Å². The molecule has 0 bridgehead atoms. The number of halogens is 1. The van der Waals surface area contributed by atoms with Crippen LogP contribution in [-0.4, -0.2) is 32.8 Å². The number of urea groups is 1. The van der Waals surface area contributed by atoms with Crippen molar-refractivity contribution in [1.29, 1.82) is 0 Å². The van der Waals surface area contributed by atoms with Crippen LogP contribution in [0.1, 0.15) is 29.7 Å². The van der Waals surface area contributed by atoms with E-state index in [1.165, 1.54) is 13.0 Å². The van der Waals surface area contributed by atoms with Gasteiger partial charge in [0.05, 0.1) is 28.9 Å². The van der Waals surface area contributed by atoms with Crippen molar-refractivity contribution in [2.75, 3.05) is 12.4 Å². The maximum absolute atomic E-state index is 13.6. The summed E-state index contributed by atoms with van der Waals surface area (Å²) >= 11 is 0. The molecule has 7 nitrogen and oxygen atoms in total. The number of rotatable bonds is 6. The minimum absolute atomic E-state index is 0.00714. The van der Waals surface area contributed by atoms with Crippen molar-refractivity contribution in [3.63, 3.8) is 0 Å². The first-order valence-corrected chi connectivity index (χ1v) is 11.3. The third-order valence-electron chi connectivity index (χ3n) is 4.88. The second-order valence-corrected chi connectivity index (χ2v) is 9.21. The molecule has 0 fully saturated rings. The van der Waals surface area contributed by atoms with Crippen molar-refractivity contribution in [3.05, 3.63) is 76.2 Å². The number of nitrogens with one attached hydrogen (secondary N) is 2. The van der Waals surface area contributed by atoms with Crippen LogP contribution in [0.2, 0.25) is 0 Å². The van der Waals surface area contributed by atoms with Crippen LogP contribution in [0.5, 0.6) is 0 Å². The van der Waals surface area contributed by atoms with Crippen molar-refractivity contribution in [2.45, 2.75) is 31.7 Å². The molecule has 9 heteroatoms. The van der Waals surface area contributed by atoms with Crippen LogP contribution in [0.15, 0.2) is 58.6 Å². The summed E-state index contributed by atoms with van der Waals surface area (Å²) in [4.78, 5) is 25.0. The second-order valence-electron chi connectivity index (χ2n) is 7.22. The van der Waals surface area contributed by atoms with Gasteiger partial charge in [-0.15, -0.1) is 0 Å². The Morgan fingerprint density at radius 1 is 1.13 bits per heavy atom. The minimum atomic E-state index is -3.99. The Morgan fingerprint density at radius 3 is 2.42 bits per heavy atom. The van der Waals surface area contributed by atoms with E-state index in [0.29, 0.717) is 5.56 Å². The van der Waals surface area contributed by atoms with Gasteiger partial charge in [0.25, 0.3) is 0 Å². The molecule has 2 aromatic carbocycles. The van der Waals surface area contributed by atoms with E-state index in [1.54, 1.807) is 19.1 Å². The molecule has 164 valence electrons. The van der Waals surface area contributed by atoms with E-state index in [9.17, 15) is 22.4 Å². The number of hydrogen-bond donors (Lipinski definition) is 2. The van der Waals surface area contributed by atoms with Gasteiger partial charge in [0, 0.05) is 5.70 Å². The van der Waals surface area contributed by atoms with E-state index < -0.39 is 39.4 Å². The van der Waals surface area contributed by atoms with E-state index in [1.807, 2.05) is 19.1 Å². The molecule has 1 aliphatic rings. The summed E-state index contributed by atoms with van der Waals surface area (Å²) < 4.78 is 44.7. The van der Waals surface area contributed by atoms with Crippen LogP contribution in [0.4, 0.5) is 9.18 Å². The van der Waals surface area contributed by atoms with Gasteiger partial charge < -0.3 is 15.4 Å². The summed E-state index contributed by atoms with van der Waals surface area (Å²) in [6, 6.07) is 9.07. The van der Waals surface area contributed by atoms with E-state index in [-0.39, 0.29) is 28.3 Å². The lowest BCUT2D eigenvalue weighted by Crippen LogP contribution is -2.47. The zero-order valence-electron chi connectivity index (χ0n) is 17.4. The van der Waals surface area contributed by atoms with Crippen molar-refractivity contribution in [2.24, 2.45) is 0 Å². The third-order valence-corrected chi connectivity index (χ3v) is 6.52. The fourth-order valence-electron chi connectivity index (χ4n) is 3.27. The molecule has 0 saturated carbocycles. The molecule has 2 aromatic rings. The molecule has 0 aromatic heterocycles. The third kappa shape index (κ3) is 4.93. The maximum atomic E-state index is 13.6. The molecule has 2 N–H and O–H groups in total. The first-order valence-electron chi connectivity index (χ1n) is 9.65. The van der Waals surface area contributed by atoms with Gasteiger partial charge in [-0.1, -0.05) is 29.8 Å². The predicted octanol–water partition coefficient (Wildman–Crippen LogP) is 3.09. The van der Waals surface area contributed by atoms with Crippen molar-refractivity contribution in [1.82, 2.24) is 10.6 Å². The Morgan fingerprint density at radius 2 is 1.81 bits per heavy atom. The molecule has 1 heterocycles. The molecular weight excluding hydrogens is 423 g/mol. The second kappa shape index (κ2) is 8.89. The largest absolute Gasteiger partial charge is 0.463 e. The predicted molar refractivity (Wildman–Crippen MR) is 112 cm³/mol. The van der Waals surface area contributed by atoms with Crippen LogP contribution >= 0.6 is 0 Å². The van der Waals surface area contributed by atoms with Crippen LogP contribution < -0.4 is 10.6 Å². The van der Waals surface area contributed by atoms with Gasteiger partial charge in [-0.25, -0.2) is 22.4 Å². The summed E-state index contributed by atoms with van der Waals surface area (Å²) in [6.07, 6.45) is 0. The zero-order chi connectivity index (χ0) is 22.8. The number of hydrogen-bond acceptors (Lipinski definition) is 5. The number of carbonyl (C=O) groups excluding carboxylic acids is 2. The highest BCUT2D eigenvalue weighted by molar-refractivity contribution is 7.91. The monoisotopic (exact) mass is 446 g/mol. The van der Waals surface area contributed by atoms with Crippen LogP contribution in [0.25, 0.3) is 0 Å². The van der Waals surface area contributed by atoms with Gasteiger partial charge in [0.2, 0.25) is 0 Å². The maximum Gasteiger partial charge on any atom is 0.338 e. The van der Waals surface area contributed by atoms with E-state index in [2.05, 4.69) is 10.6 Å². The van der Waals surface area contributed by atoms with Gasteiger partial charge in [-0.05, 0) is 50.1 Å². The van der Waals surface area contributed by atoms with Gasteiger partial charge >= 0.3 is 12.0 Å². The highest BCUT2D eigenvalue weighted by atomic mass is 32.2. The minimum Gasteiger partial charge on any atom is -0.463 e. The highest BCUT2D eigenvalue weighted by Gasteiger charge is 2.35. The van der Waals surface area contributed by atoms with E-state index in [0.717, 1.165) is 17.7 Å². The Labute approximate surface area is 180 Å². The van der Waals surface area contributed by atoms with Crippen LogP contribution in [0, 0.1) is 19.7 Å². The molecule has 0 saturated heterocycles. The average Bonchev–Trinajstić information content (AvgIpc) is 2.70.